The molecular weight excluding hydrogens is 349 g/mol. The van der Waals surface area contributed by atoms with Crippen molar-refractivity contribution in [1.82, 2.24) is 9.55 Å². The molecule has 0 aliphatic carbocycles. The molecule has 1 aliphatic rings. The third kappa shape index (κ3) is 3.05. The van der Waals surface area contributed by atoms with E-state index in [4.69, 9.17) is 4.74 Å². The lowest BCUT2D eigenvalue weighted by molar-refractivity contribution is -0.141. The molecule has 3 aromatic rings. The molecule has 1 unspecified atom stereocenters. The highest BCUT2D eigenvalue weighted by molar-refractivity contribution is 5.96. The molecule has 1 aromatic heterocycles. The number of fused-ring (bicyclic) bond motifs is 1. The van der Waals surface area contributed by atoms with E-state index in [2.05, 4.69) is 4.98 Å². The third-order valence-corrected chi connectivity index (χ3v) is 4.83. The van der Waals surface area contributed by atoms with E-state index in [0.29, 0.717) is 12.4 Å². The van der Waals surface area contributed by atoms with E-state index < -0.39 is 11.8 Å². The van der Waals surface area contributed by atoms with Gasteiger partial charge >= 0.3 is 5.97 Å². The Kier molecular flexibility index (Phi) is 4.35. The highest BCUT2D eigenvalue weighted by Crippen LogP contribution is 2.34. The number of nitrogens with zero attached hydrogens (tertiary/aromatic N) is 3. The molecule has 7 heteroatoms. The molecule has 1 amide bonds. The number of aromatic nitrogens is 2. The summed E-state index contributed by atoms with van der Waals surface area (Å²) in [6.07, 6.45) is 0.207. The summed E-state index contributed by atoms with van der Waals surface area (Å²) in [5, 5.41) is 0. The molecule has 1 aliphatic heterocycles. The fraction of sp³-hybridized carbons (Fsp3) is 0.250. The van der Waals surface area contributed by atoms with Crippen LogP contribution in [0, 0.1) is 5.82 Å². The second-order valence-corrected chi connectivity index (χ2v) is 6.48. The lowest BCUT2D eigenvalue weighted by Gasteiger charge is -2.17. The molecule has 1 fully saturated rings. The van der Waals surface area contributed by atoms with E-state index in [1.54, 1.807) is 22.8 Å². The lowest BCUT2D eigenvalue weighted by atomic mass is 10.1. The highest BCUT2D eigenvalue weighted by atomic mass is 19.1. The van der Waals surface area contributed by atoms with E-state index in [9.17, 15) is 14.0 Å². The zero-order valence-electron chi connectivity index (χ0n) is 14.8. The fourth-order valence-corrected chi connectivity index (χ4v) is 3.55. The normalized spacial score (nSPS) is 16.9. The van der Waals surface area contributed by atoms with E-state index in [1.165, 1.54) is 18.1 Å². The summed E-state index contributed by atoms with van der Waals surface area (Å²) in [7, 11) is 1.33. The number of imidazole rings is 1. The number of hydrogen-bond donors (Lipinski definition) is 0. The second kappa shape index (κ2) is 6.83. The van der Waals surface area contributed by atoms with Crippen molar-refractivity contribution < 1.29 is 18.7 Å². The van der Waals surface area contributed by atoms with Gasteiger partial charge in [0.25, 0.3) is 0 Å². The van der Waals surface area contributed by atoms with Crippen LogP contribution in [0.5, 0.6) is 0 Å². The van der Waals surface area contributed by atoms with Gasteiger partial charge in [0.2, 0.25) is 5.91 Å². The van der Waals surface area contributed by atoms with Crippen LogP contribution < -0.4 is 4.90 Å². The van der Waals surface area contributed by atoms with Gasteiger partial charge in [-0.2, -0.15) is 0 Å². The number of ether oxygens (including phenoxy) is 1. The Morgan fingerprint density at radius 3 is 2.74 bits per heavy atom. The Hall–Kier alpha value is -3.22. The van der Waals surface area contributed by atoms with Crippen LogP contribution in [0.15, 0.2) is 48.5 Å². The standard InChI is InChI=1S/C20H18FN3O3/c1-27-19(26)12-24-17-9-5-3-7-15(17)22-20(24)13-10-18(25)23(11-13)16-8-4-2-6-14(16)21/h2-9,13H,10-12H2,1H3. The van der Waals surface area contributed by atoms with E-state index in [1.807, 2.05) is 24.3 Å². The van der Waals surface area contributed by atoms with E-state index in [-0.39, 0.29) is 30.5 Å². The van der Waals surface area contributed by atoms with Gasteiger partial charge in [-0.25, -0.2) is 9.37 Å². The largest absolute Gasteiger partial charge is 0.468 e. The molecule has 0 spiro atoms. The van der Waals surface area contributed by atoms with Gasteiger partial charge in [-0.1, -0.05) is 24.3 Å². The maximum absolute atomic E-state index is 14.1. The molecule has 6 nitrogen and oxygen atoms in total. The average Bonchev–Trinajstić information content (AvgIpc) is 3.23. The van der Waals surface area contributed by atoms with Crippen molar-refractivity contribution in [3.63, 3.8) is 0 Å². The monoisotopic (exact) mass is 367 g/mol. The lowest BCUT2D eigenvalue weighted by Crippen LogP contribution is -2.25. The van der Waals surface area contributed by atoms with Gasteiger partial charge in [0.15, 0.2) is 0 Å². The molecule has 2 heterocycles. The van der Waals surface area contributed by atoms with Crippen LogP contribution >= 0.6 is 0 Å². The second-order valence-electron chi connectivity index (χ2n) is 6.48. The number of amides is 1. The number of hydrogen-bond acceptors (Lipinski definition) is 4. The zero-order chi connectivity index (χ0) is 19.0. The molecule has 138 valence electrons. The number of para-hydroxylation sites is 3. The Morgan fingerprint density at radius 2 is 1.96 bits per heavy atom. The summed E-state index contributed by atoms with van der Waals surface area (Å²) >= 11 is 0. The van der Waals surface area contributed by atoms with Crippen LogP contribution in [0.2, 0.25) is 0 Å². The summed E-state index contributed by atoms with van der Waals surface area (Å²) < 4.78 is 20.7. The van der Waals surface area contributed by atoms with Gasteiger partial charge in [-0.15, -0.1) is 0 Å². The molecule has 0 N–H and O–H groups in total. The van der Waals surface area contributed by atoms with Crippen molar-refractivity contribution in [1.29, 1.82) is 0 Å². The quantitative estimate of drug-likeness (QED) is 0.665. The SMILES string of the molecule is COC(=O)Cn1c(C2CC(=O)N(c3ccccc3F)C2)nc2ccccc21. The van der Waals surface area contributed by atoms with Crippen LogP contribution in [-0.2, 0) is 20.9 Å². The van der Waals surface area contributed by atoms with Crippen LogP contribution in [-0.4, -0.2) is 35.1 Å². The molecule has 27 heavy (non-hydrogen) atoms. The first kappa shape index (κ1) is 17.2. The molecule has 0 saturated carbocycles. The van der Waals surface area contributed by atoms with E-state index in [0.717, 1.165) is 11.0 Å². The van der Waals surface area contributed by atoms with Crippen molar-refractivity contribution in [2.45, 2.75) is 18.9 Å². The van der Waals surface area contributed by atoms with Crippen LogP contribution in [0.25, 0.3) is 11.0 Å². The Morgan fingerprint density at radius 1 is 1.22 bits per heavy atom. The number of carbonyl (C=O) groups is 2. The summed E-state index contributed by atoms with van der Waals surface area (Å²) in [6, 6.07) is 13.7. The molecule has 0 radical (unpaired) electrons. The Labute approximate surface area is 155 Å². The average molecular weight is 367 g/mol. The predicted molar refractivity (Wildman–Crippen MR) is 97.9 cm³/mol. The summed E-state index contributed by atoms with van der Waals surface area (Å²) in [6.45, 7) is 0.320. The predicted octanol–water partition coefficient (Wildman–Crippen LogP) is 2.87. The van der Waals surface area contributed by atoms with Crippen molar-refractivity contribution in [2.24, 2.45) is 0 Å². The first-order chi connectivity index (χ1) is 13.1. The van der Waals surface area contributed by atoms with Gasteiger partial charge in [-0.3, -0.25) is 9.59 Å². The fourth-order valence-electron chi connectivity index (χ4n) is 3.55. The molecule has 0 bridgehead atoms. The number of anilines is 1. The van der Waals surface area contributed by atoms with Gasteiger partial charge in [0, 0.05) is 18.9 Å². The highest BCUT2D eigenvalue weighted by Gasteiger charge is 2.36. The summed E-state index contributed by atoms with van der Waals surface area (Å²) in [5.74, 6) is -0.603. The molecule has 1 atom stereocenters. The number of benzene rings is 2. The first-order valence-electron chi connectivity index (χ1n) is 8.65. The van der Waals surface area contributed by atoms with Gasteiger partial charge in [-0.05, 0) is 24.3 Å². The number of carbonyl (C=O) groups excluding carboxylic acids is 2. The number of methoxy groups -OCH3 is 1. The zero-order valence-corrected chi connectivity index (χ0v) is 14.8. The topological polar surface area (TPSA) is 64.4 Å². The van der Waals surface area contributed by atoms with Crippen molar-refractivity contribution in [3.8, 4) is 0 Å². The minimum Gasteiger partial charge on any atom is -0.468 e. The molecule has 2 aromatic carbocycles. The van der Waals surface area contributed by atoms with Crippen LogP contribution in [0.3, 0.4) is 0 Å². The van der Waals surface area contributed by atoms with E-state index >= 15 is 0 Å². The summed E-state index contributed by atoms with van der Waals surface area (Å²) in [4.78, 5) is 30.5. The van der Waals surface area contributed by atoms with Gasteiger partial charge < -0.3 is 14.2 Å². The molecule has 4 rings (SSSR count). The maximum Gasteiger partial charge on any atom is 0.325 e. The van der Waals surface area contributed by atoms with Gasteiger partial charge in [0.05, 0.1) is 23.8 Å². The summed E-state index contributed by atoms with van der Waals surface area (Å²) in [5.41, 5.74) is 1.81. The number of halogens is 1. The number of esters is 1. The first-order valence-corrected chi connectivity index (χ1v) is 8.65. The molecule has 1 saturated heterocycles. The minimum absolute atomic E-state index is 0.0107. The Balaban J connectivity index is 1.72. The minimum atomic E-state index is -0.436. The van der Waals surface area contributed by atoms with Crippen LogP contribution in [0.1, 0.15) is 18.2 Å². The maximum atomic E-state index is 14.1. The van der Waals surface area contributed by atoms with Crippen molar-refractivity contribution >= 4 is 28.6 Å². The Bertz CT molecular complexity index is 1030. The van der Waals surface area contributed by atoms with Crippen LogP contribution in [0.4, 0.5) is 10.1 Å². The smallest absolute Gasteiger partial charge is 0.325 e. The van der Waals surface area contributed by atoms with Crippen molar-refractivity contribution in [2.75, 3.05) is 18.6 Å². The third-order valence-electron chi connectivity index (χ3n) is 4.83. The van der Waals surface area contributed by atoms with Crippen molar-refractivity contribution in [3.05, 3.63) is 60.2 Å². The van der Waals surface area contributed by atoms with Gasteiger partial charge in [0.1, 0.15) is 18.2 Å². The number of rotatable bonds is 4. The molecular formula is C20H18FN3O3.